The average molecular weight is 676 g/mol. The number of H-pyrrole nitrogens is 1. The van der Waals surface area contributed by atoms with E-state index < -0.39 is 8.07 Å². The maximum atomic E-state index is 3.76. The van der Waals surface area contributed by atoms with Gasteiger partial charge in [0.1, 0.15) is 0 Å². The van der Waals surface area contributed by atoms with E-state index in [1.165, 1.54) is 69.4 Å². The molecule has 3 aromatic heterocycles. The molecule has 2 nitrogen and oxygen atoms in total. The predicted octanol–water partition coefficient (Wildman–Crippen LogP) is 8.62. The van der Waals surface area contributed by atoms with E-state index in [1.807, 2.05) is 0 Å². The van der Waals surface area contributed by atoms with Crippen LogP contribution in [0.15, 0.2) is 162 Å². The molecule has 3 heterocycles. The van der Waals surface area contributed by atoms with E-state index in [9.17, 15) is 0 Å². The van der Waals surface area contributed by atoms with E-state index in [1.54, 1.807) is 11.3 Å². The molecule has 0 unspecified atom stereocenters. The SMILES string of the molecule is Brc1ccc2c(c1)c1cc3[nH]c4ccsc4c3cc1n2-c1cccc([Si](c2ccccc2)(c2ccccc2)c2ccccc2)c1. The molecule has 6 aromatic carbocycles. The summed E-state index contributed by atoms with van der Waals surface area (Å²) in [5, 5.41) is 11.4. The van der Waals surface area contributed by atoms with Gasteiger partial charge in [0.2, 0.25) is 0 Å². The van der Waals surface area contributed by atoms with Crippen molar-refractivity contribution in [2.45, 2.75) is 0 Å². The number of rotatable bonds is 5. The number of fused-ring (bicyclic) bond motifs is 6. The Labute approximate surface area is 274 Å². The second kappa shape index (κ2) is 10.5. The third kappa shape index (κ3) is 4.05. The first kappa shape index (κ1) is 26.7. The van der Waals surface area contributed by atoms with Gasteiger partial charge < -0.3 is 9.55 Å². The van der Waals surface area contributed by atoms with Gasteiger partial charge in [-0.25, -0.2) is 0 Å². The Morgan fingerprint density at radius 2 is 1.13 bits per heavy atom. The summed E-state index contributed by atoms with van der Waals surface area (Å²) in [6.45, 7) is 0. The number of hydrogen-bond donors (Lipinski definition) is 1. The van der Waals surface area contributed by atoms with E-state index >= 15 is 0 Å². The number of halogens is 1. The van der Waals surface area contributed by atoms with E-state index in [4.69, 9.17) is 0 Å². The third-order valence-electron chi connectivity index (χ3n) is 9.20. The molecule has 0 saturated heterocycles. The van der Waals surface area contributed by atoms with Crippen molar-refractivity contribution in [1.29, 1.82) is 0 Å². The number of benzene rings is 6. The second-order valence-corrected chi connectivity index (χ2v) is 17.2. The number of thiophene rings is 1. The molecule has 5 heteroatoms. The van der Waals surface area contributed by atoms with E-state index in [2.05, 4.69) is 183 Å². The maximum absolute atomic E-state index is 3.76. The lowest BCUT2D eigenvalue weighted by molar-refractivity contribution is 1.18. The first-order valence-corrected chi connectivity index (χ1v) is 18.8. The van der Waals surface area contributed by atoms with Crippen LogP contribution in [0.5, 0.6) is 0 Å². The number of nitrogens with zero attached hydrogens (tertiary/aromatic N) is 1. The van der Waals surface area contributed by atoms with Gasteiger partial charge in [0.25, 0.3) is 0 Å². The third-order valence-corrected chi connectivity index (χ3v) is 15.4. The molecule has 9 aromatic rings. The molecule has 9 rings (SSSR count). The van der Waals surface area contributed by atoms with E-state index in [0.717, 1.165) is 4.47 Å². The average Bonchev–Trinajstić information content (AvgIpc) is 3.78. The number of nitrogens with one attached hydrogen (secondary N) is 1. The van der Waals surface area contributed by atoms with Gasteiger partial charge in [-0.3, -0.25) is 0 Å². The Hall–Kier alpha value is -4.68. The van der Waals surface area contributed by atoms with Gasteiger partial charge >= 0.3 is 0 Å². The molecule has 45 heavy (non-hydrogen) atoms. The van der Waals surface area contributed by atoms with Gasteiger partial charge in [-0.2, -0.15) is 0 Å². The highest BCUT2D eigenvalue weighted by molar-refractivity contribution is 9.10. The highest BCUT2D eigenvalue weighted by atomic mass is 79.9. The molecule has 0 radical (unpaired) electrons. The molecule has 0 aliphatic heterocycles. The first-order valence-electron chi connectivity index (χ1n) is 15.1. The quantitative estimate of drug-likeness (QED) is 0.139. The molecule has 0 spiro atoms. The minimum absolute atomic E-state index is 1.08. The lowest BCUT2D eigenvalue weighted by atomic mass is 10.1. The van der Waals surface area contributed by atoms with Crippen LogP contribution >= 0.6 is 27.3 Å². The highest BCUT2D eigenvalue weighted by Crippen LogP contribution is 2.39. The van der Waals surface area contributed by atoms with Crippen LogP contribution in [0.2, 0.25) is 0 Å². The van der Waals surface area contributed by atoms with Gasteiger partial charge in [0.05, 0.1) is 21.3 Å². The van der Waals surface area contributed by atoms with Crippen LogP contribution < -0.4 is 20.7 Å². The Morgan fingerprint density at radius 3 is 1.80 bits per heavy atom. The Morgan fingerprint density at radius 1 is 0.511 bits per heavy atom. The zero-order valence-corrected chi connectivity index (χ0v) is 27.6. The second-order valence-electron chi connectivity index (χ2n) is 11.6. The molecule has 0 bridgehead atoms. The zero-order valence-electron chi connectivity index (χ0n) is 24.2. The van der Waals surface area contributed by atoms with Gasteiger partial charge in [-0.1, -0.05) is 119 Å². The molecule has 0 saturated carbocycles. The summed E-state index contributed by atoms with van der Waals surface area (Å²) in [6.07, 6.45) is 0. The van der Waals surface area contributed by atoms with E-state index in [-0.39, 0.29) is 0 Å². The van der Waals surface area contributed by atoms with Crippen LogP contribution in [0.25, 0.3) is 48.6 Å². The largest absolute Gasteiger partial charge is 0.354 e. The number of hydrogen-bond acceptors (Lipinski definition) is 1. The molecule has 214 valence electrons. The van der Waals surface area contributed by atoms with Gasteiger partial charge in [0.15, 0.2) is 8.07 Å². The summed E-state index contributed by atoms with van der Waals surface area (Å²) in [5.41, 5.74) is 5.97. The van der Waals surface area contributed by atoms with Crippen molar-refractivity contribution in [2.24, 2.45) is 0 Å². The number of aromatic nitrogens is 2. The first-order chi connectivity index (χ1) is 22.2. The van der Waals surface area contributed by atoms with Gasteiger partial charge in [0, 0.05) is 31.8 Å². The van der Waals surface area contributed by atoms with Crippen LogP contribution in [0, 0.1) is 0 Å². The molecular formula is C40H27BrN2SSi. The summed E-state index contributed by atoms with van der Waals surface area (Å²) in [6, 6.07) is 56.3. The molecule has 0 aliphatic rings. The van der Waals surface area contributed by atoms with Crippen LogP contribution in [-0.2, 0) is 0 Å². The summed E-state index contributed by atoms with van der Waals surface area (Å²) in [4.78, 5) is 3.66. The molecule has 0 fully saturated rings. The fourth-order valence-electron chi connectivity index (χ4n) is 7.31. The molecule has 1 N–H and O–H groups in total. The minimum Gasteiger partial charge on any atom is -0.354 e. The standard InChI is InChI=1S/C40H27BrN2SSi/c41-27-19-20-38-33(23-27)34-25-37-35(40-36(42-37)21-22-44-40)26-39(34)43(38)28-11-10-18-32(24-28)45(29-12-4-1-5-13-29,30-14-6-2-7-15-30)31-16-8-3-9-17-31/h1-26,42H. The summed E-state index contributed by atoms with van der Waals surface area (Å²) in [7, 11) is -2.67. The monoisotopic (exact) mass is 674 g/mol. The van der Waals surface area contributed by atoms with Crippen LogP contribution in [0.3, 0.4) is 0 Å². The zero-order chi connectivity index (χ0) is 30.0. The topological polar surface area (TPSA) is 20.7 Å². The molecule has 0 amide bonds. The summed E-state index contributed by atoms with van der Waals surface area (Å²) >= 11 is 5.56. The van der Waals surface area contributed by atoms with Crippen molar-refractivity contribution in [3.63, 3.8) is 0 Å². The Balaban J connectivity index is 1.38. The normalized spacial score (nSPS) is 12.1. The van der Waals surface area contributed by atoms with Crippen molar-refractivity contribution < 1.29 is 0 Å². The lowest BCUT2D eigenvalue weighted by Crippen LogP contribution is -2.74. The highest BCUT2D eigenvalue weighted by Gasteiger charge is 2.41. The van der Waals surface area contributed by atoms with Crippen molar-refractivity contribution in [2.75, 3.05) is 0 Å². The van der Waals surface area contributed by atoms with Gasteiger partial charge in [-0.15, -0.1) is 11.3 Å². The summed E-state index contributed by atoms with van der Waals surface area (Å²) < 4.78 is 4.86. The van der Waals surface area contributed by atoms with Crippen LogP contribution in [-0.4, -0.2) is 17.6 Å². The van der Waals surface area contributed by atoms with Crippen LogP contribution in [0.1, 0.15) is 0 Å². The smallest absolute Gasteiger partial charge is 0.179 e. The maximum Gasteiger partial charge on any atom is 0.179 e. The van der Waals surface area contributed by atoms with Crippen molar-refractivity contribution >= 4 is 99.0 Å². The molecule has 0 atom stereocenters. The Kier molecular flexibility index (Phi) is 6.20. The van der Waals surface area contributed by atoms with Crippen molar-refractivity contribution in [3.05, 3.63) is 162 Å². The van der Waals surface area contributed by atoms with E-state index in [0.29, 0.717) is 0 Å². The molecular weight excluding hydrogens is 649 g/mol. The number of aromatic amines is 1. The van der Waals surface area contributed by atoms with Crippen molar-refractivity contribution in [1.82, 2.24) is 9.55 Å². The molecule has 0 aliphatic carbocycles. The fourth-order valence-corrected chi connectivity index (χ4v) is 13.3. The minimum atomic E-state index is -2.67. The summed E-state index contributed by atoms with van der Waals surface area (Å²) in [5.74, 6) is 0. The van der Waals surface area contributed by atoms with Gasteiger partial charge in [-0.05, 0) is 74.7 Å². The predicted molar refractivity (Wildman–Crippen MR) is 199 cm³/mol. The van der Waals surface area contributed by atoms with Crippen molar-refractivity contribution in [3.8, 4) is 5.69 Å². The fraction of sp³-hybridized carbons (Fsp3) is 0. The Bertz CT molecular complexity index is 2400. The van der Waals surface area contributed by atoms with Crippen LogP contribution in [0.4, 0.5) is 0 Å². The lowest BCUT2D eigenvalue weighted by Gasteiger charge is -2.34.